The third kappa shape index (κ3) is 3.49. The maximum absolute atomic E-state index is 14.3. The molecule has 0 saturated heterocycles. The van der Waals surface area contributed by atoms with Crippen molar-refractivity contribution in [1.29, 1.82) is 10.5 Å². The standard InChI is InChI=1S/C16H9F3N4O2/c1-3-4-24-14-6-12(11(17)5-10(14)7-20)23-13(8-21)15(9(2)22-23)25-16(18)19/h1,5-6,16H,4H2,2H3. The molecule has 1 aromatic carbocycles. The van der Waals surface area contributed by atoms with Crippen LogP contribution in [0.15, 0.2) is 12.1 Å². The molecule has 0 aliphatic carbocycles. The van der Waals surface area contributed by atoms with Crippen LogP contribution in [0.25, 0.3) is 5.69 Å². The smallest absolute Gasteiger partial charge is 0.387 e. The van der Waals surface area contributed by atoms with Crippen LogP contribution in [0.5, 0.6) is 11.5 Å². The minimum Gasteiger partial charge on any atom is -0.479 e. The van der Waals surface area contributed by atoms with Gasteiger partial charge in [0.15, 0.2) is 17.3 Å². The van der Waals surface area contributed by atoms with E-state index in [1.54, 1.807) is 12.1 Å². The Morgan fingerprint density at radius 2 is 2.04 bits per heavy atom. The Kier molecular flexibility index (Phi) is 5.16. The van der Waals surface area contributed by atoms with Crippen LogP contribution in [0.1, 0.15) is 17.0 Å². The number of nitriles is 2. The molecule has 0 spiro atoms. The van der Waals surface area contributed by atoms with Crippen LogP contribution < -0.4 is 9.47 Å². The summed E-state index contributed by atoms with van der Waals surface area (Å²) < 4.78 is 49.6. The van der Waals surface area contributed by atoms with Crippen molar-refractivity contribution in [3.8, 4) is 41.7 Å². The first-order valence-electron chi connectivity index (χ1n) is 6.67. The number of alkyl halides is 2. The summed E-state index contributed by atoms with van der Waals surface area (Å²) in [6.45, 7) is -2.03. The van der Waals surface area contributed by atoms with E-state index in [9.17, 15) is 18.4 Å². The van der Waals surface area contributed by atoms with Crippen LogP contribution in [-0.2, 0) is 0 Å². The molecule has 9 heteroatoms. The molecule has 0 atom stereocenters. The monoisotopic (exact) mass is 346 g/mol. The summed E-state index contributed by atoms with van der Waals surface area (Å²) in [4.78, 5) is 0. The van der Waals surface area contributed by atoms with Gasteiger partial charge in [0.2, 0.25) is 0 Å². The molecule has 0 N–H and O–H groups in total. The second-order valence-corrected chi connectivity index (χ2v) is 4.57. The maximum Gasteiger partial charge on any atom is 0.387 e. The van der Waals surface area contributed by atoms with Crippen LogP contribution in [0, 0.1) is 47.7 Å². The first-order chi connectivity index (χ1) is 11.9. The Morgan fingerprint density at radius 1 is 1.32 bits per heavy atom. The molecule has 25 heavy (non-hydrogen) atoms. The number of aryl methyl sites for hydroxylation is 1. The number of halogens is 3. The number of aromatic nitrogens is 2. The van der Waals surface area contributed by atoms with E-state index in [-0.39, 0.29) is 29.3 Å². The van der Waals surface area contributed by atoms with Gasteiger partial charge in [-0.15, -0.1) is 6.42 Å². The minimum absolute atomic E-state index is 0.0355. The highest BCUT2D eigenvalue weighted by Crippen LogP contribution is 2.31. The molecule has 2 aromatic rings. The van der Waals surface area contributed by atoms with Gasteiger partial charge in [0.1, 0.15) is 35.9 Å². The molecule has 0 unspecified atom stereocenters. The van der Waals surface area contributed by atoms with Crippen molar-refractivity contribution in [3.05, 3.63) is 34.9 Å². The van der Waals surface area contributed by atoms with E-state index in [4.69, 9.17) is 16.4 Å². The highest BCUT2D eigenvalue weighted by molar-refractivity contribution is 5.54. The zero-order valence-electron chi connectivity index (χ0n) is 12.8. The van der Waals surface area contributed by atoms with Crippen LogP contribution in [-0.4, -0.2) is 23.0 Å². The summed E-state index contributed by atoms with van der Waals surface area (Å²) in [7, 11) is 0. The first-order valence-corrected chi connectivity index (χ1v) is 6.67. The van der Waals surface area contributed by atoms with Gasteiger partial charge in [0, 0.05) is 6.07 Å². The van der Waals surface area contributed by atoms with Crippen molar-refractivity contribution < 1.29 is 22.6 Å². The van der Waals surface area contributed by atoms with Gasteiger partial charge in [0.25, 0.3) is 0 Å². The van der Waals surface area contributed by atoms with Crippen molar-refractivity contribution >= 4 is 0 Å². The van der Waals surface area contributed by atoms with E-state index in [0.717, 1.165) is 16.8 Å². The Hall–Kier alpha value is -3.64. The van der Waals surface area contributed by atoms with E-state index >= 15 is 0 Å². The third-order valence-electron chi connectivity index (χ3n) is 3.03. The predicted octanol–water partition coefficient (Wildman–Crippen LogP) is 2.68. The first kappa shape index (κ1) is 17.7. The van der Waals surface area contributed by atoms with Gasteiger partial charge in [-0.1, -0.05) is 5.92 Å². The van der Waals surface area contributed by atoms with E-state index in [2.05, 4.69) is 15.8 Å². The number of hydrogen-bond acceptors (Lipinski definition) is 5. The highest BCUT2D eigenvalue weighted by Gasteiger charge is 2.23. The molecule has 1 heterocycles. The number of ether oxygens (including phenoxy) is 2. The predicted molar refractivity (Wildman–Crippen MR) is 78.6 cm³/mol. The molecule has 0 bridgehead atoms. The normalized spacial score (nSPS) is 10.0. The van der Waals surface area contributed by atoms with Gasteiger partial charge in [-0.2, -0.15) is 24.4 Å². The third-order valence-corrected chi connectivity index (χ3v) is 3.03. The van der Waals surface area contributed by atoms with E-state index < -0.39 is 23.9 Å². The van der Waals surface area contributed by atoms with Gasteiger partial charge in [0.05, 0.1) is 5.56 Å². The molecule has 0 aliphatic rings. The summed E-state index contributed by atoms with van der Waals surface area (Å²) in [5.41, 5.74) is -0.867. The summed E-state index contributed by atoms with van der Waals surface area (Å²) in [5, 5.41) is 22.1. The fourth-order valence-corrected chi connectivity index (χ4v) is 2.05. The summed E-state index contributed by atoms with van der Waals surface area (Å²) in [6, 6.07) is 5.36. The van der Waals surface area contributed by atoms with Crippen molar-refractivity contribution in [1.82, 2.24) is 9.78 Å². The Bertz CT molecular complexity index is 933. The Balaban J connectivity index is 2.65. The molecule has 0 fully saturated rings. The lowest BCUT2D eigenvalue weighted by atomic mass is 10.2. The lowest BCUT2D eigenvalue weighted by Gasteiger charge is -2.10. The quantitative estimate of drug-likeness (QED) is 0.777. The van der Waals surface area contributed by atoms with Crippen LogP contribution >= 0.6 is 0 Å². The Morgan fingerprint density at radius 3 is 2.60 bits per heavy atom. The average molecular weight is 346 g/mol. The van der Waals surface area contributed by atoms with Gasteiger partial charge in [-0.05, 0) is 13.0 Å². The number of benzene rings is 1. The lowest BCUT2D eigenvalue weighted by Crippen LogP contribution is -2.07. The molecular weight excluding hydrogens is 337 g/mol. The minimum atomic E-state index is -3.18. The van der Waals surface area contributed by atoms with E-state index in [1.165, 1.54) is 6.92 Å². The molecule has 0 aliphatic heterocycles. The van der Waals surface area contributed by atoms with E-state index in [0.29, 0.717) is 0 Å². The van der Waals surface area contributed by atoms with Gasteiger partial charge < -0.3 is 9.47 Å². The van der Waals surface area contributed by atoms with Crippen molar-refractivity contribution in [2.24, 2.45) is 0 Å². The van der Waals surface area contributed by atoms with Crippen LogP contribution in [0.4, 0.5) is 13.2 Å². The van der Waals surface area contributed by atoms with Gasteiger partial charge in [-0.3, -0.25) is 0 Å². The number of rotatable bonds is 5. The maximum atomic E-state index is 14.3. The fraction of sp³-hybridized carbons (Fsp3) is 0.188. The highest BCUT2D eigenvalue weighted by atomic mass is 19.3. The van der Waals surface area contributed by atoms with Crippen LogP contribution in [0.2, 0.25) is 0 Å². The molecule has 0 saturated carbocycles. The van der Waals surface area contributed by atoms with Gasteiger partial charge >= 0.3 is 6.61 Å². The molecular formula is C16H9F3N4O2. The van der Waals surface area contributed by atoms with Gasteiger partial charge in [-0.25, -0.2) is 9.07 Å². The molecule has 1 aromatic heterocycles. The topological polar surface area (TPSA) is 83.9 Å². The van der Waals surface area contributed by atoms with Crippen LogP contribution in [0.3, 0.4) is 0 Å². The average Bonchev–Trinajstić information content (AvgIpc) is 2.88. The summed E-state index contributed by atoms with van der Waals surface area (Å²) in [5.74, 6) is 0.783. The molecule has 0 radical (unpaired) electrons. The van der Waals surface area contributed by atoms with Crippen molar-refractivity contribution in [3.63, 3.8) is 0 Å². The Labute approximate surface area is 140 Å². The number of terminal acetylenes is 1. The molecule has 0 amide bonds. The second kappa shape index (κ2) is 7.29. The molecule has 126 valence electrons. The zero-order chi connectivity index (χ0) is 18.6. The van der Waals surface area contributed by atoms with Crippen molar-refractivity contribution in [2.45, 2.75) is 13.5 Å². The zero-order valence-corrected chi connectivity index (χ0v) is 12.8. The second-order valence-electron chi connectivity index (χ2n) is 4.57. The SMILES string of the molecule is C#CCOc1cc(-n2nc(C)c(OC(F)F)c2C#N)c(F)cc1C#N. The summed E-state index contributed by atoms with van der Waals surface area (Å²) >= 11 is 0. The number of nitrogens with zero attached hydrogens (tertiary/aromatic N) is 4. The van der Waals surface area contributed by atoms with E-state index in [1.807, 2.05) is 0 Å². The lowest BCUT2D eigenvalue weighted by molar-refractivity contribution is -0.0505. The fourth-order valence-electron chi connectivity index (χ4n) is 2.05. The molecule has 2 rings (SSSR count). The number of hydrogen-bond donors (Lipinski definition) is 0. The van der Waals surface area contributed by atoms with Crippen molar-refractivity contribution in [2.75, 3.05) is 6.61 Å². The molecule has 6 nitrogen and oxygen atoms in total. The largest absolute Gasteiger partial charge is 0.479 e. The summed E-state index contributed by atoms with van der Waals surface area (Å²) in [6.07, 6.45) is 5.08.